The van der Waals surface area contributed by atoms with Crippen LogP contribution in [0.3, 0.4) is 0 Å². The molecule has 4 rings (SSSR count). The van der Waals surface area contributed by atoms with Crippen molar-refractivity contribution in [1.29, 1.82) is 0 Å². The molecule has 3 aromatic heterocycles. The van der Waals surface area contributed by atoms with Gasteiger partial charge in [0.1, 0.15) is 11.5 Å². The highest BCUT2D eigenvalue weighted by molar-refractivity contribution is 5.92. The van der Waals surface area contributed by atoms with Crippen LogP contribution < -0.4 is 10.2 Å². The van der Waals surface area contributed by atoms with Gasteiger partial charge in [-0.15, -0.1) is 0 Å². The van der Waals surface area contributed by atoms with E-state index in [1.807, 2.05) is 19.1 Å². The Hall–Kier alpha value is -3.49. The predicted molar refractivity (Wildman–Crippen MR) is 114 cm³/mol. The van der Waals surface area contributed by atoms with E-state index in [0.717, 1.165) is 48.0 Å². The molecule has 3 aromatic rings. The first-order valence-corrected chi connectivity index (χ1v) is 10.3. The highest BCUT2D eigenvalue weighted by Crippen LogP contribution is 2.31. The van der Waals surface area contributed by atoms with Crippen molar-refractivity contribution in [3.8, 4) is 0 Å². The molecule has 0 bridgehead atoms. The Labute approximate surface area is 183 Å². The van der Waals surface area contributed by atoms with Crippen molar-refractivity contribution >= 4 is 17.4 Å². The average molecular weight is 441 g/mol. The standard InChI is InChI=1S/C23H22F3N5O/c1-15-10-19-18(29-22(15)30-21(32)11-16-4-2-8-27-12-16)5-3-9-31(19)14-17-6-7-20(28-13-17)23(24,25)26/h2,4,6-8,10,12-13H,3,5,9,11,14H2,1H3,(H,29,30,32). The van der Waals surface area contributed by atoms with Crippen molar-refractivity contribution in [1.82, 2.24) is 15.0 Å². The largest absolute Gasteiger partial charge is 0.433 e. The highest BCUT2D eigenvalue weighted by atomic mass is 19.4. The van der Waals surface area contributed by atoms with Crippen molar-refractivity contribution < 1.29 is 18.0 Å². The molecule has 0 aromatic carbocycles. The molecule has 0 saturated heterocycles. The lowest BCUT2D eigenvalue weighted by atomic mass is 10.0. The van der Waals surface area contributed by atoms with Gasteiger partial charge in [-0.2, -0.15) is 13.2 Å². The summed E-state index contributed by atoms with van der Waals surface area (Å²) in [5.41, 5.74) is 3.22. The van der Waals surface area contributed by atoms with Crippen LogP contribution in [0.5, 0.6) is 0 Å². The van der Waals surface area contributed by atoms with E-state index < -0.39 is 11.9 Å². The van der Waals surface area contributed by atoms with Gasteiger partial charge in [0.05, 0.1) is 17.8 Å². The van der Waals surface area contributed by atoms with Crippen LogP contribution in [0.15, 0.2) is 48.9 Å². The molecule has 0 fully saturated rings. The van der Waals surface area contributed by atoms with E-state index in [9.17, 15) is 18.0 Å². The van der Waals surface area contributed by atoms with E-state index in [1.54, 1.807) is 18.5 Å². The van der Waals surface area contributed by atoms with Gasteiger partial charge in [0, 0.05) is 31.7 Å². The lowest BCUT2D eigenvalue weighted by molar-refractivity contribution is -0.141. The number of hydrogen-bond acceptors (Lipinski definition) is 5. The molecule has 0 saturated carbocycles. The normalized spacial score (nSPS) is 13.6. The predicted octanol–water partition coefficient (Wildman–Crippen LogP) is 4.33. The Kier molecular flexibility index (Phi) is 6.07. The molecule has 1 aliphatic rings. The lowest BCUT2D eigenvalue weighted by Gasteiger charge is -2.31. The minimum Gasteiger partial charge on any atom is -0.366 e. The third-order valence-electron chi connectivity index (χ3n) is 5.29. The van der Waals surface area contributed by atoms with Gasteiger partial charge in [0.25, 0.3) is 0 Å². The second-order valence-corrected chi connectivity index (χ2v) is 7.78. The molecule has 0 aliphatic carbocycles. The maximum atomic E-state index is 12.8. The van der Waals surface area contributed by atoms with Gasteiger partial charge in [-0.25, -0.2) is 4.98 Å². The molecule has 4 heterocycles. The van der Waals surface area contributed by atoms with E-state index in [0.29, 0.717) is 17.9 Å². The summed E-state index contributed by atoms with van der Waals surface area (Å²) >= 11 is 0. The summed E-state index contributed by atoms with van der Waals surface area (Å²) in [5.74, 6) is 0.354. The minimum absolute atomic E-state index is 0.169. The summed E-state index contributed by atoms with van der Waals surface area (Å²) in [6, 6.07) is 8.06. The number of aryl methyl sites for hydroxylation is 2. The Morgan fingerprint density at radius 3 is 2.72 bits per heavy atom. The van der Waals surface area contributed by atoms with Crippen LogP contribution in [0.1, 0.15) is 34.5 Å². The first-order chi connectivity index (χ1) is 15.3. The fraction of sp³-hybridized carbons (Fsp3) is 0.304. The van der Waals surface area contributed by atoms with Gasteiger partial charge in [0.2, 0.25) is 5.91 Å². The SMILES string of the molecule is Cc1cc2c(nc1NC(=O)Cc1cccnc1)CCCN2Cc1ccc(C(F)(F)F)nc1. The van der Waals surface area contributed by atoms with Crippen molar-refractivity contribution in [3.63, 3.8) is 0 Å². The van der Waals surface area contributed by atoms with Gasteiger partial charge in [-0.1, -0.05) is 12.1 Å². The van der Waals surface area contributed by atoms with Crippen molar-refractivity contribution in [3.05, 3.63) is 77.0 Å². The number of pyridine rings is 3. The molecule has 6 nitrogen and oxygen atoms in total. The summed E-state index contributed by atoms with van der Waals surface area (Å²) in [6.45, 7) is 3.08. The lowest BCUT2D eigenvalue weighted by Crippen LogP contribution is -2.30. The molecule has 1 N–H and O–H groups in total. The number of aromatic nitrogens is 3. The zero-order chi connectivity index (χ0) is 22.7. The number of fused-ring (bicyclic) bond motifs is 1. The molecule has 1 aliphatic heterocycles. The zero-order valence-corrected chi connectivity index (χ0v) is 17.5. The Bertz CT molecular complexity index is 1100. The van der Waals surface area contributed by atoms with E-state index in [-0.39, 0.29) is 12.3 Å². The number of carbonyl (C=O) groups is 1. The Balaban J connectivity index is 1.49. The van der Waals surface area contributed by atoms with Crippen molar-refractivity contribution in [2.45, 2.75) is 38.9 Å². The van der Waals surface area contributed by atoms with Gasteiger partial charge < -0.3 is 10.2 Å². The summed E-state index contributed by atoms with van der Waals surface area (Å²) in [5, 5.41) is 2.88. The van der Waals surface area contributed by atoms with Crippen LogP contribution in [0.2, 0.25) is 0 Å². The summed E-state index contributed by atoms with van der Waals surface area (Å²) in [7, 11) is 0. The molecular weight excluding hydrogens is 419 g/mol. The molecule has 1 amide bonds. The second kappa shape index (κ2) is 8.94. The minimum atomic E-state index is -4.45. The van der Waals surface area contributed by atoms with Crippen LogP contribution in [0.25, 0.3) is 0 Å². The quantitative estimate of drug-likeness (QED) is 0.638. The first kappa shape index (κ1) is 21.7. The number of hydrogen-bond donors (Lipinski definition) is 1. The van der Waals surface area contributed by atoms with Gasteiger partial charge >= 0.3 is 6.18 Å². The monoisotopic (exact) mass is 441 g/mol. The molecule has 0 radical (unpaired) electrons. The van der Waals surface area contributed by atoms with Crippen LogP contribution in [0.4, 0.5) is 24.7 Å². The topological polar surface area (TPSA) is 71.0 Å². The number of halogens is 3. The maximum Gasteiger partial charge on any atom is 0.433 e. The highest BCUT2D eigenvalue weighted by Gasteiger charge is 2.32. The van der Waals surface area contributed by atoms with Crippen LogP contribution in [-0.2, 0) is 30.4 Å². The van der Waals surface area contributed by atoms with Crippen LogP contribution in [0, 0.1) is 6.92 Å². The zero-order valence-electron chi connectivity index (χ0n) is 17.5. The third kappa shape index (κ3) is 5.04. The maximum absolute atomic E-state index is 12.8. The first-order valence-electron chi connectivity index (χ1n) is 10.3. The summed E-state index contributed by atoms with van der Waals surface area (Å²) in [4.78, 5) is 26.8. The molecular formula is C23H22F3N5O. The summed E-state index contributed by atoms with van der Waals surface area (Å²) in [6.07, 6.45) is 1.96. The number of alkyl halides is 3. The Morgan fingerprint density at radius 1 is 1.19 bits per heavy atom. The summed E-state index contributed by atoms with van der Waals surface area (Å²) < 4.78 is 38.3. The van der Waals surface area contributed by atoms with Gasteiger partial charge in [-0.05, 0) is 54.7 Å². The van der Waals surface area contributed by atoms with E-state index >= 15 is 0 Å². The number of carbonyl (C=O) groups excluding carboxylic acids is 1. The van der Waals surface area contributed by atoms with Crippen molar-refractivity contribution in [2.75, 3.05) is 16.8 Å². The number of nitrogens with zero attached hydrogens (tertiary/aromatic N) is 4. The molecule has 9 heteroatoms. The third-order valence-corrected chi connectivity index (χ3v) is 5.29. The number of rotatable bonds is 5. The van der Waals surface area contributed by atoms with Crippen LogP contribution in [-0.4, -0.2) is 27.4 Å². The smallest absolute Gasteiger partial charge is 0.366 e. The van der Waals surface area contributed by atoms with Crippen LogP contribution >= 0.6 is 0 Å². The van der Waals surface area contributed by atoms with E-state index in [2.05, 4.69) is 25.2 Å². The fourth-order valence-electron chi connectivity index (χ4n) is 3.71. The Morgan fingerprint density at radius 2 is 2.03 bits per heavy atom. The molecule has 0 spiro atoms. The average Bonchev–Trinajstić information content (AvgIpc) is 2.75. The second-order valence-electron chi connectivity index (χ2n) is 7.78. The molecule has 32 heavy (non-hydrogen) atoms. The van der Waals surface area contributed by atoms with Crippen molar-refractivity contribution in [2.24, 2.45) is 0 Å². The van der Waals surface area contributed by atoms with E-state index in [1.165, 1.54) is 12.3 Å². The fourth-order valence-corrected chi connectivity index (χ4v) is 3.71. The van der Waals surface area contributed by atoms with E-state index in [4.69, 9.17) is 0 Å². The molecule has 166 valence electrons. The number of amides is 1. The molecule has 0 atom stereocenters. The number of nitrogens with one attached hydrogen (secondary N) is 1. The molecule has 0 unspecified atom stereocenters. The van der Waals surface area contributed by atoms with Gasteiger partial charge in [-0.3, -0.25) is 14.8 Å². The van der Waals surface area contributed by atoms with Gasteiger partial charge in [0.15, 0.2) is 0 Å². The number of anilines is 2.